The van der Waals surface area contributed by atoms with Gasteiger partial charge < -0.3 is 15.2 Å². The lowest BCUT2D eigenvalue weighted by molar-refractivity contribution is 0.231. The van der Waals surface area contributed by atoms with Crippen molar-refractivity contribution >= 4 is 17.4 Å². The second kappa shape index (κ2) is 7.45. The highest BCUT2D eigenvalue weighted by molar-refractivity contribution is 7.10. The smallest absolute Gasteiger partial charge is 0.315 e. The summed E-state index contributed by atoms with van der Waals surface area (Å²) in [6.45, 7) is 1.34. The monoisotopic (exact) mass is 318 g/mol. The number of nitrogens with zero attached hydrogens (tertiary/aromatic N) is 2. The molecular weight excluding hydrogens is 296 g/mol. The van der Waals surface area contributed by atoms with Gasteiger partial charge in [-0.1, -0.05) is 18.9 Å². The topological polar surface area (TPSA) is 59.0 Å². The van der Waals surface area contributed by atoms with Crippen LogP contribution in [0.1, 0.15) is 36.6 Å². The third-order valence-corrected chi connectivity index (χ3v) is 5.18. The van der Waals surface area contributed by atoms with E-state index in [0.717, 1.165) is 6.54 Å². The third-order valence-electron chi connectivity index (χ3n) is 4.22. The Morgan fingerprint density at radius 3 is 3.00 bits per heavy atom. The molecule has 1 fully saturated rings. The normalized spacial score (nSPS) is 16.5. The lowest BCUT2D eigenvalue weighted by Gasteiger charge is -2.24. The van der Waals surface area contributed by atoms with Gasteiger partial charge in [0.2, 0.25) is 0 Å². The zero-order chi connectivity index (χ0) is 15.2. The van der Waals surface area contributed by atoms with Gasteiger partial charge in [0.05, 0.1) is 12.4 Å². The summed E-state index contributed by atoms with van der Waals surface area (Å²) in [6.07, 6.45) is 10.4. The zero-order valence-electron chi connectivity index (χ0n) is 12.6. The molecule has 0 radical (unpaired) electrons. The van der Waals surface area contributed by atoms with Crippen LogP contribution in [0.2, 0.25) is 0 Å². The first-order valence-corrected chi connectivity index (χ1v) is 8.74. The molecule has 22 heavy (non-hydrogen) atoms. The van der Waals surface area contributed by atoms with Crippen molar-refractivity contribution < 1.29 is 4.79 Å². The van der Waals surface area contributed by atoms with Crippen molar-refractivity contribution in [3.63, 3.8) is 0 Å². The number of amides is 2. The van der Waals surface area contributed by atoms with Crippen molar-refractivity contribution in [3.8, 4) is 0 Å². The molecule has 2 N–H and O–H groups in total. The predicted molar refractivity (Wildman–Crippen MR) is 87.8 cm³/mol. The van der Waals surface area contributed by atoms with Gasteiger partial charge in [-0.3, -0.25) is 0 Å². The molecule has 3 rings (SSSR count). The maximum Gasteiger partial charge on any atom is 0.315 e. The third kappa shape index (κ3) is 3.88. The summed E-state index contributed by atoms with van der Waals surface area (Å²) in [6, 6.07) is 4.25. The van der Waals surface area contributed by atoms with Gasteiger partial charge in [-0.25, -0.2) is 9.78 Å². The van der Waals surface area contributed by atoms with E-state index in [2.05, 4.69) is 33.1 Å². The molecule has 2 aromatic rings. The van der Waals surface area contributed by atoms with Gasteiger partial charge >= 0.3 is 6.03 Å². The van der Waals surface area contributed by atoms with E-state index in [4.69, 9.17) is 0 Å². The van der Waals surface area contributed by atoms with Crippen LogP contribution in [0.15, 0.2) is 36.2 Å². The molecule has 5 nitrogen and oxygen atoms in total. The summed E-state index contributed by atoms with van der Waals surface area (Å²) in [5.74, 6) is 0.568. The number of carbonyl (C=O) groups excluding carboxylic acids is 1. The molecule has 6 heteroatoms. The van der Waals surface area contributed by atoms with Crippen LogP contribution < -0.4 is 10.6 Å². The summed E-state index contributed by atoms with van der Waals surface area (Å²) < 4.78 is 1.95. The first-order chi connectivity index (χ1) is 10.8. The van der Waals surface area contributed by atoms with E-state index < -0.39 is 0 Å². The number of urea groups is 1. The Labute approximate surface area is 134 Å². The molecule has 0 aromatic carbocycles. The molecular formula is C16H22N4OS. The van der Waals surface area contributed by atoms with Crippen molar-refractivity contribution in [2.24, 2.45) is 5.92 Å². The lowest BCUT2D eigenvalue weighted by Crippen LogP contribution is -2.41. The fraction of sp³-hybridized carbons (Fsp3) is 0.500. The summed E-state index contributed by atoms with van der Waals surface area (Å²) >= 11 is 1.73. The number of aromatic nitrogens is 2. The van der Waals surface area contributed by atoms with Crippen molar-refractivity contribution in [2.45, 2.75) is 38.3 Å². The maximum atomic E-state index is 12.2. The van der Waals surface area contributed by atoms with E-state index >= 15 is 0 Å². The summed E-state index contributed by atoms with van der Waals surface area (Å²) in [5, 5.41) is 8.20. The van der Waals surface area contributed by atoms with E-state index in [1.165, 1.54) is 30.6 Å². The molecule has 2 aromatic heterocycles. The van der Waals surface area contributed by atoms with Crippen LogP contribution in [-0.2, 0) is 6.54 Å². The van der Waals surface area contributed by atoms with Crippen LogP contribution in [0.3, 0.4) is 0 Å². The second-order valence-electron chi connectivity index (χ2n) is 5.74. The standard InChI is InChI=1S/C16H22N4OS/c21-16(18-8-10-20-9-7-17-12-20)19-15(13-4-1-2-5-13)14-6-3-11-22-14/h3,6-7,9,11-13,15H,1-2,4-5,8,10H2,(H2,18,19,21). The Kier molecular flexibility index (Phi) is 5.11. The average molecular weight is 318 g/mol. The molecule has 1 aliphatic carbocycles. The van der Waals surface area contributed by atoms with E-state index in [1.807, 2.05) is 10.8 Å². The predicted octanol–water partition coefficient (Wildman–Crippen LogP) is 3.18. The van der Waals surface area contributed by atoms with E-state index in [9.17, 15) is 4.79 Å². The fourth-order valence-electron chi connectivity index (χ4n) is 3.09. The van der Waals surface area contributed by atoms with Crippen LogP contribution >= 0.6 is 11.3 Å². The Morgan fingerprint density at radius 1 is 1.45 bits per heavy atom. The lowest BCUT2D eigenvalue weighted by atomic mass is 9.97. The highest BCUT2D eigenvalue weighted by Crippen LogP contribution is 2.37. The molecule has 0 bridgehead atoms. The van der Waals surface area contributed by atoms with E-state index in [1.54, 1.807) is 23.9 Å². The second-order valence-corrected chi connectivity index (χ2v) is 6.72. The molecule has 0 spiro atoms. The van der Waals surface area contributed by atoms with Crippen LogP contribution in [0.4, 0.5) is 4.79 Å². The number of hydrogen-bond acceptors (Lipinski definition) is 3. The summed E-state index contributed by atoms with van der Waals surface area (Å²) in [4.78, 5) is 17.4. The number of hydrogen-bond donors (Lipinski definition) is 2. The molecule has 2 amide bonds. The van der Waals surface area contributed by atoms with Crippen LogP contribution in [0.25, 0.3) is 0 Å². The Balaban J connectivity index is 1.52. The molecule has 1 atom stereocenters. The number of rotatable bonds is 6. The quantitative estimate of drug-likeness (QED) is 0.859. The average Bonchev–Trinajstić information content (AvgIpc) is 3.26. The van der Waals surface area contributed by atoms with Crippen molar-refractivity contribution in [1.29, 1.82) is 0 Å². The largest absolute Gasteiger partial charge is 0.336 e. The first kappa shape index (κ1) is 15.1. The van der Waals surface area contributed by atoms with Gasteiger partial charge in [-0.2, -0.15) is 0 Å². The van der Waals surface area contributed by atoms with Crippen molar-refractivity contribution in [2.75, 3.05) is 6.54 Å². The van der Waals surface area contributed by atoms with Gasteiger partial charge in [0.25, 0.3) is 0 Å². The fourth-order valence-corrected chi connectivity index (χ4v) is 3.96. The van der Waals surface area contributed by atoms with Gasteiger partial charge in [0.1, 0.15) is 0 Å². The van der Waals surface area contributed by atoms with Crippen molar-refractivity contribution in [1.82, 2.24) is 20.2 Å². The van der Waals surface area contributed by atoms with Gasteiger partial charge in [0.15, 0.2) is 0 Å². The minimum absolute atomic E-state index is 0.0783. The minimum atomic E-state index is -0.0783. The molecule has 1 unspecified atom stereocenters. The number of imidazole rings is 1. The highest BCUT2D eigenvalue weighted by Gasteiger charge is 2.28. The highest BCUT2D eigenvalue weighted by atomic mass is 32.1. The van der Waals surface area contributed by atoms with Crippen molar-refractivity contribution in [3.05, 3.63) is 41.1 Å². The van der Waals surface area contributed by atoms with Gasteiger partial charge in [-0.05, 0) is 30.2 Å². The Hall–Kier alpha value is -1.82. The van der Waals surface area contributed by atoms with E-state index in [0.29, 0.717) is 12.5 Å². The summed E-state index contributed by atoms with van der Waals surface area (Å²) in [7, 11) is 0. The molecule has 1 aliphatic rings. The SMILES string of the molecule is O=C(NCCn1ccnc1)NC(c1cccs1)C1CCCC1. The number of thiophene rings is 1. The van der Waals surface area contributed by atoms with E-state index in [-0.39, 0.29) is 12.1 Å². The molecule has 1 saturated carbocycles. The van der Waals surface area contributed by atoms with Crippen LogP contribution in [-0.4, -0.2) is 22.1 Å². The van der Waals surface area contributed by atoms with Crippen LogP contribution in [0, 0.1) is 5.92 Å². The van der Waals surface area contributed by atoms with Gasteiger partial charge in [0, 0.05) is 30.4 Å². The molecule has 0 saturated heterocycles. The number of carbonyl (C=O) groups is 1. The maximum absolute atomic E-state index is 12.2. The molecule has 118 valence electrons. The Morgan fingerprint density at radius 2 is 2.32 bits per heavy atom. The van der Waals surface area contributed by atoms with Crippen LogP contribution in [0.5, 0.6) is 0 Å². The number of nitrogens with one attached hydrogen (secondary N) is 2. The molecule has 2 heterocycles. The zero-order valence-corrected chi connectivity index (χ0v) is 13.4. The first-order valence-electron chi connectivity index (χ1n) is 7.86. The Bertz CT molecular complexity index is 561. The minimum Gasteiger partial charge on any atom is -0.336 e. The molecule has 0 aliphatic heterocycles. The summed E-state index contributed by atoms with van der Waals surface area (Å²) in [5.41, 5.74) is 0. The van der Waals surface area contributed by atoms with Gasteiger partial charge in [-0.15, -0.1) is 11.3 Å².